The predicted octanol–water partition coefficient (Wildman–Crippen LogP) is 2.38. The van der Waals surface area contributed by atoms with Crippen molar-refractivity contribution in [3.8, 4) is 5.75 Å². The first-order valence-electron chi connectivity index (χ1n) is 4.51. The van der Waals surface area contributed by atoms with Gasteiger partial charge < -0.3 is 4.74 Å². The summed E-state index contributed by atoms with van der Waals surface area (Å²) in [5.41, 5.74) is 1.94. The molecule has 0 heterocycles. The molecule has 0 fully saturated rings. The van der Waals surface area contributed by atoms with Crippen LogP contribution in [-0.2, 0) is 11.2 Å². The minimum atomic E-state index is 0.765. The molecule has 0 aliphatic heterocycles. The summed E-state index contributed by atoms with van der Waals surface area (Å²) < 4.78 is 5.04. The molecule has 2 nitrogen and oxygen atoms in total. The molecule has 0 aliphatic carbocycles. The Balaban J connectivity index is 2.64. The van der Waals surface area contributed by atoms with Gasteiger partial charge in [0.05, 0.1) is 7.11 Å². The summed E-state index contributed by atoms with van der Waals surface area (Å²) in [6.07, 6.45) is 3.56. The zero-order valence-corrected chi connectivity index (χ0v) is 8.49. The van der Waals surface area contributed by atoms with Crippen LogP contribution in [0.5, 0.6) is 5.75 Å². The van der Waals surface area contributed by atoms with Gasteiger partial charge in [0.25, 0.3) is 0 Å². The van der Waals surface area contributed by atoms with Crippen molar-refractivity contribution in [2.24, 2.45) is 0 Å². The maximum atomic E-state index is 10.3. The van der Waals surface area contributed by atoms with Crippen molar-refractivity contribution in [2.75, 3.05) is 7.11 Å². The molecule has 0 amide bonds. The predicted molar refractivity (Wildman–Crippen MR) is 56.5 cm³/mol. The van der Waals surface area contributed by atoms with Crippen molar-refractivity contribution >= 4 is 6.29 Å². The average Bonchev–Trinajstić information content (AvgIpc) is 2.26. The lowest BCUT2D eigenvalue weighted by molar-refractivity contribution is -0.104. The Morgan fingerprint density at radius 3 is 2.50 bits per heavy atom. The molecule has 1 rings (SSSR count). The van der Waals surface area contributed by atoms with Gasteiger partial charge in [-0.3, -0.25) is 4.79 Å². The molecule has 1 aromatic carbocycles. The number of rotatable bonds is 4. The number of hydrogen-bond donors (Lipinski definition) is 0. The lowest BCUT2D eigenvalue weighted by atomic mass is 10.1. The van der Waals surface area contributed by atoms with E-state index >= 15 is 0 Å². The van der Waals surface area contributed by atoms with E-state index < -0.39 is 0 Å². The van der Waals surface area contributed by atoms with Crippen LogP contribution in [0.3, 0.4) is 0 Å². The van der Waals surface area contributed by atoms with Crippen LogP contribution in [0.1, 0.15) is 12.5 Å². The highest BCUT2D eigenvalue weighted by atomic mass is 16.5. The fraction of sp³-hybridized carbons (Fsp3) is 0.250. The monoisotopic (exact) mass is 190 g/mol. The molecule has 74 valence electrons. The second-order valence-electron chi connectivity index (χ2n) is 3.12. The van der Waals surface area contributed by atoms with E-state index in [0.29, 0.717) is 0 Å². The molecule has 0 bridgehead atoms. The van der Waals surface area contributed by atoms with Gasteiger partial charge in [0.15, 0.2) is 0 Å². The van der Waals surface area contributed by atoms with Crippen molar-refractivity contribution in [3.63, 3.8) is 0 Å². The fourth-order valence-corrected chi connectivity index (χ4v) is 1.09. The van der Waals surface area contributed by atoms with Gasteiger partial charge in [-0.15, -0.1) is 0 Å². The van der Waals surface area contributed by atoms with Crippen LogP contribution >= 0.6 is 0 Å². The van der Waals surface area contributed by atoms with Gasteiger partial charge in [0, 0.05) is 0 Å². The summed E-state index contributed by atoms with van der Waals surface area (Å²) in [7, 11) is 1.64. The molecule has 14 heavy (non-hydrogen) atoms. The molecule has 0 saturated heterocycles. The first kappa shape index (κ1) is 10.5. The van der Waals surface area contributed by atoms with E-state index in [4.69, 9.17) is 4.74 Å². The Morgan fingerprint density at radius 2 is 2.00 bits per heavy atom. The highest BCUT2D eigenvalue weighted by Gasteiger charge is 1.92. The van der Waals surface area contributed by atoms with Gasteiger partial charge in [-0.2, -0.15) is 0 Å². The van der Waals surface area contributed by atoms with E-state index in [1.165, 1.54) is 5.56 Å². The summed E-state index contributed by atoms with van der Waals surface area (Å²) in [5, 5.41) is 0. The van der Waals surface area contributed by atoms with E-state index in [1.54, 1.807) is 14.0 Å². The Kier molecular flexibility index (Phi) is 3.92. The van der Waals surface area contributed by atoms with Crippen LogP contribution in [0.25, 0.3) is 0 Å². The molecule has 0 spiro atoms. The Labute approximate surface area is 84.2 Å². The topological polar surface area (TPSA) is 26.3 Å². The summed E-state index contributed by atoms with van der Waals surface area (Å²) in [6, 6.07) is 7.82. The number of carbonyl (C=O) groups excluding carboxylic acids is 1. The lowest BCUT2D eigenvalue weighted by Crippen LogP contribution is -1.86. The Morgan fingerprint density at radius 1 is 1.36 bits per heavy atom. The number of benzene rings is 1. The van der Waals surface area contributed by atoms with Crippen LogP contribution < -0.4 is 4.74 Å². The van der Waals surface area contributed by atoms with Gasteiger partial charge in [-0.05, 0) is 36.6 Å². The summed E-state index contributed by atoms with van der Waals surface area (Å²) in [5.74, 6) is 0.852. The molecular formula is C12H14O2. The summed E-state index contributed by atoms with van der Waals surface area (Å²) in [6.45, 7) is 1.80. The molecule has 0 unspecified atom stereocenters. The first-order chi connectivity index (χ1) is 6.76. The number of ether oxygens (including phenoxy) is 1. The van der Waals surface area contributed by atoms with Crippen molar-refractivity contribution in [3.05, 3.63) is 41.5 Å². The SMILES string of the molecule is COc1ccc(CC=C(C)C=O)cc1. The van der Waals surface area contributed by atoms with Gasteiger partial charge >= 0.3 is 0 Å². The zero-order chi connectivity index (χ0) is 10.4. The van der Waals surface area contributed by atoms with Crippen LogP contribution in [0, 0.1) is 0 Å². The van der Waals surface area contributed by atoms with Gasteiger partial charge in [-0.1, -0.05) is 18.2 Å². The van der Waals surface area contributed by atoms with Crippen LogP contribution in [0.2, 0.25) is 0 Å². The Hall–Kier alpha value is -1.57. The van der Waals surface area contributed by atoms with Gasteiger partial charge in [0.1, 0.15) is 12.0 Å². The third kappa shape index (κ3) is 3.05. The van der Waals surface area contributed by atoms with Crippen molar-refractivity contribution < 1.29 is 9.53 Å². The van der Waals surface area contributed by atoms with Gasteiger partial charge in [-0.25, -0.2) is 0 Å². The Bertz CT molecular complexity index is 323. The molecule has 0 atom stereocenters. The normalized spacial score (nSPS) is 11.1. The maximum absolute atomic E-state index is 10.3. The molecule has 2 heteroatoms. The van der Waals surface area contributed by atoms with Crippen molar-refractivity contribution in [1.29, 1.82) is 0 Å². The second kappa shape index (κ2) is 5.22. The van der Waals surface area contributed by atoms with Crippen LogP contribution in [0.15, 0.2) is 35.9 Å². The van der Waals surface area contributed by atoms with E-state index in [9.17, 15) is 4.79 Å². The maximum Gasteiger partial charge on any atom is 0.145 e. The highest BCUT2D eigenvalue weighted by Crippen LogP contribution is 2.12. The van der Waals surface area contributed by atoms with E-state index in [2.05, 4.69) is 0 Å². The molecule has 0 aliphatic rings. The third-order valence-corrected chi connectivity index (χ3v) is 2.00. The molecule has 0 radical (unpaired) electrons. The molecule has 0 aromatic heterocycles. The number of hydrogen-bond acceptors (Lipinski definition) is 2. The molecule has 0 N–H and O–H groups in total. The van der Waals surface area contributed by atoms with E-state index in [0.717, 1.165) is 24.0 Å². The number of carbonyl (C=O) groups is 1. The third-order valence-electron chi connectivity index (χ3n) is 2.00. The van der Waals surface area contributed by atoms with Crippen LogP contribution in [0.4, 0.5) is 0 Å². The highest BCUT2D eigenvalue weighted by molar-refractivity contribution is 5.72. The molecule has 0 saturated carbocycles. The van der Waals surface area contributed by atoms with E-state index in [1.807, 2.05) is 30.3 Å². The fourth-order valence-electron chi connectivity index (χ4n) is 1.09. The summed E-state index contributed by atoms with van der Waals surface area (Å²) in [4.78, 5) is 10.3. The average molecular weight is 190 g/mol. The number of allylic oxidation sites excluding steroid dienone is 2. The standard InChI is InChI=1S/C12H14O2/c1-10(9-13)3-4-11-5-7-12(14-2)8-6-11/h3,5-9H,4H2,1-2H3. The number of methoxy groups -OCH3 is 1. The minimum absolute atomic E-state index is 0.765. The molecule has 1 aromatic rings. The first-order valence-corrected chi connectivity index (χ1v) is 4.51. The second-order valence-corrected chi connectivity index (χ2v) is 3.12. The van der Waals surface area contributed by atoms with Crippen molar-refractivity contribution in [1.82, 2.24) is 0 Å². The van der Waals surface area contributed by atoms with E-state index in [-0.39, 0.29) is 0 Å². The van der Waals surface area contributed by atoms with Crippen molar-refractivity contribution in [2.45, 2.75) is 13.3 Å². The lowest BCUT2D eigenvalue weighted by Gasteiger charge is -2.00. The largest absolute Gasteiger partial charge is 0.497 e. The smallest absolute Gasteiger partial charge is 0.145 e. The minimum Gasteiger partial charge on any atom is -0.497 e. The quantitative estimate of drug-likeness (QED) is 0.538. The molecular weight excluding hydrogens is 176 g/mol. The number of aldehydes is 1. The van der Waals surface area contributed by atoms with Gasteiger partial charge in [0.2, 0.25) is 0 Å². The summed E-state index contributed by atoms with van der Waals surface area (Å²) >= 11 is 0. The van der Waals surface area contributed by atoms with Crippen LogP contribution in [-0.4, -0.2) is 13.4 Å². The zero-order valence-electron chi connectivity index (χ0n) is 8.49.